The summed E-state index contributed by atoms with van der Waals surface area (Å²) in [7, 11) is 0. The van der Waals surface area contributed by atoms with Crippen molar-refractivity contribution >= 4 is 6.03 Å². The third-order valence-electron chi connectivity index (χ3n) is 2.33. The highest BCUT2D eigenvalue weighted by Gasteiger charge is 2.31. The smallest absolute Gasteiger partial charge is 0.317 e. The van der Waals surface area contributed by atoms with E-state index in [1.54, 1.807) is 0 Å². The normalized spacial score (nSPS) is 15.5. The van der Waals surface area contributed by atoms with E-state index in [0.717, 1.165) is 25.9 Å². The Morgan fingerprint density at radius 1 is 1.46 bits per heavy atom. The highest BCUT2D eigenvalue weighted by atomic mass is 16.2. The number of amides is 2. The summed E-state index contributed by atoms with van der Waals surface area (Å²) in [5, 5.41) is 2.86. The molecule has 0 atom stereocenters. The van der Waals surface area contributed by atoms with Crippen molar-refractivity contribution in [2.24, 2.45) is 0 Å². The maximum atomic E-state index is 11.5. The van der Waals surface area contributed by atoms with Crippen molar-refractivity contribution in [1.82, 2.24) is 10.2 Å². The molecule has 0 spiro atoms. The molecule has 0 aliphatic heterocycles. The minimum atomic E-state index is 0.124. The van der Waals surface area contributed by atoms with Gasteiger partial charge in [0.2, 0.25) is 0 Å². The summed E-state index contributed by atoms with van der Waals surface area (Å²) in [6.07, 6.45) is 4.66. The van der Waals surface area contributed by atoms with Gasteiger partial charge in [0.15, 0.2) is 0 Å². The molecule has 0 aromatic heterocycles. The standard InChI is InChI=1S/C10H20N2O/c1-3-5-8-12(9-6-7-9)10(13)11-4-2/h9H,3-8H2,1-2H3,(H,11,13). The predicted octanol–water partition coefficient (Wildman–Crippen LogP) is 1.98. The van der Waals surface area contributed by atoms with Crippen LogP contribution in [0.5, 0.6) is 0 Å². The zero-order valence-electron chi connectivity index (χ0n) is 8.68. The molecule has 0 radical (unpaired) electrons. The molecule has 0 saturated heterocycles. The quantitative estimate of drug-likeness (QED) is 0.696. The molecular formula is C10H20N2O. The van der Waals surface area contributed by atoms with Crippen LogP contribution in [-0.4, -0.2) is 30.1 Å². The van der Waals surface area contributed by atoms with E-state index >= 15 is 0 Å². The Bertz CT molecular complexity index is 166. The van der Waals surface area contributed by atoms with E-state index in [0.29, 0.717) is 6.04 Å². The summed E-state index contributed by atoms with van der Waals surface area (Å²) in [6.45, 7) is 5.77. The number of urea groups is 1. The van der Waals surface area contributed by atoms with Gasteiger partial charge in [-0.05, 0) is 26.2 Å². The van der Waals surface area contributed by atoms with Gasteiger partial charge in [0.1, 0.15) is 0 Å². The molecule has 76 valence electrons. The summed E-state index contributed by atoms with van der Waals surface area (Å²) >= 11 is 0. The summed E-state index contributed by atoms with van der Waals surface area (Å²) in [5.41, 5.74) is 0. The van der Waals surface area contributed by atoms with E-state index in [9.17, 15) is 4.79 Å². The number of hydrogen-bond donors (Lipinski definition) is 1. The van der Waals surface area contributed by atoms with Crippen molar-refractivity contribution in [3.63, 3.8) is 0 Å². The summed E-state index contributed by atoms with van der Waals surface area (Å²) in [6, 6.07) is 0.663. The van der Waals surface area contributed by atoms with Crippen LogP contribution < -0.4 is 5.32 Å². The van der Waals surface area contributed by atoms with Gasteiger partial charge in [0.05, 0.1) is 0 Å². The molecule has 3 heteroatoms. The van der Waals surface area contributed by atoms with Crippen LogP contribution in [0.25, 0.3) is 0 Å². The molecule has 1 fully saturated rings. The van der Waals surface area contributed by atoms with Gasteiger partial charge in [-0.15, -0.1) is 0 Å². The third-order valence-corrected chi connectivity index (χ3v) is 2.33. The lowest BCUT2D eigenvalue weighted by molar-refractivity contribution is 0.194. The fourth-order valence-corrected chi connectivity index (χ4v) is 1.42. The summed E-state index contributed by atoms with van der Waals surface area (Å²) in [4.78, 5) is 13.5. The zero-order chi connectivity index (χ0) is 9.68. The Morgan fingerprint density at radius 2 is 2.15 bits per heavy atom. The highest BCUT2D eigenvalue weighted by Crippen LogP contribution is 2.26. The molecule has 13 heavy (non-hydrogen) atoms. The first-order valence-corrected chi connectivity index (χ1v) is 5.34. The fraction of sp³-hybridized carbons (Fsp3) is 0.900. The van der Waals surface area contributed by atoms with Crippen molar-refractivity contribution in [2.75, 3.05) is 13.1 Å². The second kappa shape index (κ2) is 5.10. The summed E-state index contributed by atoms with van der Waals surface area (Å²) in [5.74, 6) is 0. The molecular weight excluding hydrogens is 164 g/mol. The topological polar surface area (TPSA) is 32.3 Å². The molecule has 1 aliphatic carbocycles. The third kappa shape index (κ3) is 3.25. The molecule has 1 aliphatic rings. The molecule has 0 aromatic rings. The molecule has 0 bridgehead atoms. The van der Waals surface area contributed by atoms with Crippen LogP contribution in [0, 0.1) is 0 Å². The Balaban J connectivity index is 2.32. The van der Waals surface area contributed by atoms with Gasteiger partial charge in [-0.3, -0.25) is 0 Å². The molecule has 1 N–H and O–H groups in total. The second-order valence-electron chi connectivity index (χ2n) is 3.61. The molecule has 1 rings (SSSR count). The van der Waals surface area contributed by atoms with Gasteiger partial charge in [-0.25, -0.2) is 4.79 Å². The van der Waals surface area contributed by atoms with Gasteiger partial charge in [0, 0.05) is 19.1 Å². The number of nitrogens with zero attached hydrogens (tertiary/aromatic N) is 1. The Labute approximate surface area is 80.5 Å². The van der Waals surface area contributed by atoms with E-state index < -0.39 is 0 Å². The first-order valence-electron chi connectivity index (χ1n) is 5.34. The average Bonchev–Trinajstić information content (AvgIpc) is 2.89. The second-order valence-corrected chi connectivity index (χ2v) is 3.61. The minimum absolute atomic E-state index is 0.124. The number of carbonyl (C=O) groups excluding carboxylic acids is 1. The van der Waals surface area contributed by atoms with E-state index in [2.05, 4.69) is 12.2 Å². The number of rotatable bonds is 5. The monoisotopic (exact) mass is 184 g/mol. The minimum Gasteiger partial charge on any atom is -0.338 e. The molecule has 3 nitrogen and oxygen atoms in total. The predicted molar refractivity (Wildman–Crippen MR) is 53.7 cm³/mol. The van der Waals surface area contributed by atoms with E-state index in [1.807, 2.05) is 11.8 Å². The van der Waals surface area contributed by atoms with Crippen LogP contribution in [0.15, 0.2) is 0 Å². The Kier molecular flexibility index (Phi) is 4.06. The van der Waals surface area contributed by atoms with Gasteiger partial charge in [-0.2, -0.15) is 0 Å². The van der Waals surface area contributed by atoms with Crippen LogP contribution >= 0.6 is 0 Å². The number of carbonyl (C=O) groups is 1. The van der Waals surface area contributed by atoms with Gasteiger partial charge in [0.25, 0.3) is 0 Å². The van der Waals surface area contributed by atoms with E-state index in [4.69, 9.17) is 0 Å². The van der Waals surface area contributed by atoms with Gasteiger partial charge < -0.3 is 10.2 Å². The average molecular weight is 184 g/mol. The molecule has 0 aromatic carbocycles. The van der Waals surface area contributed by atoms with Crippen molar-refractivity contribution in [3.8, 4) is 0 Å². The van der Waals surface area contributed by atoms with Crippen molar-refractivity contribution in [1.29, 1.82) is 0 Å². The molecule has 0 unspecified atom stereocenters. The highest BCUT2D eigenvalue weighted by molar-refractivity contribution is 5.74. The van der Waals surface area contributed by atoms with Crippen LogP contribution in [0.1, 0.15) is 39.5 Å². The van der Waals surface area contributed by atoms with Crippen LogP contribution in [0.2, 0.25) is 0 Å². The van der Waals surface area contributed by atoms with Crippen molar-refractivity contribution in [2.45, 2.75) is 45.6 Å². The zero-order valence-corrected chi connectivity index (χ0v) is 8.68. The molecule has 1 saturated carbocycles. The van der Waals surface area contributed by atoms with Crippen molar-refractivity contribution in [3.05, 3.63) is 0 Å². The fourth-order valence-electron chi connectivity index (χ4n) is 1.42. The Hall–Kier alpha value is -0.730. The summed E-state index contributed by atoms with van der Waals surface area (Å²) < 4.78 is 0. The maximum Gasteiger partial charge on any atom is 0.317 e. The maximum absolute atomic E-state index is 11.5. The van der Waals surface area contributed by atoms with E-state index in [1.165, 1.54) is 12.8 Å². The van der Waals surface area contributed by atoms with E-state index in [-0.39, 0.29) is 6.03 Å². The largest absolute Gasteiger partial charge is 0.338 e. The Morgan fingerprint density at radius 3 is 2.62 bits per heavy atom. The van der Waals surface area contributed by atoms with Gasteiger partial charge in [-0.1, -0.05) is 13.3 Å². The first kappa shape index (κ1) is 10.4. The lowest BCUT2D eigenvalue weighted by Gasteiger charge is -2.22. The lowest BCUT2D eigenvalue weighted by Crippen LogP contribution is -2.41. The lowest BCUT2D eigenvalue weighted by atomic mass is 10.3. The van der Waals surface area contributed by atoms with Crippen LogP contribution in [0.3, 0.4) is 0 Å². The number of nitrogens with one attached hydrogen (secondary N) is 1. The molecule has 2 amide bonds. The first-order chi connectivity index (χ1) is 6.29. The van der Waals surface area contributed by atoms with Crippen LogP contribution in [0.4, 0.5) is 4.79 Å². The van der Waals surface area contributed by atoms with Crippen molar-refractivity contribution < 1.29 is 4.79 Å². The number of hydrogen-bond acceptors (Lipinski definition) is 1. The van der Waals surface area contributed by atoms with Gasteiger partial charge >= 0.3 is 6.03 Å². The number of unbranched alkanes of at least 4 members (excludes halogenated alkanes) is 1. The SMILES string of the molecule is CCCCN(C(=O)NCC)C1CC1. The van der Waals surface area contributed by atoms with Crippen LogP contribution in [-0.2, 0) is 0 Å². The molecule has 0 heterocycles.